The van der Waals surface area contributed by atoms with Crippen LogP contribution in [0.3, 0.4) is 0 Å². The van der Waals surface area contributed by atoms with Crippen molar-refractivity contribution < 1.29 is 51.0 Å². The van der Waals surface area contributed by atoms with Crippen molar-refractivity contribution in [3.8, 4) is 11.1 Å². The summed E-state index contributed by atoms with van der Waals surface area (Å²) < 4.78 is 0. The second-order valence-corrected chi connectivity index (χ2v) is 5.40. The van der Waals surface area contributed by atoms with Crippen LogP contribution in [0.15, 0.2) is 78.9 Å². The first-order valence-corrected chi connectivity index (χ1v) is 7.96. The molecule has 0 aliphatic heterocycles. The van der Waals surface area contributed by atoms with E-state index >= 15 is 0 Å². The number of allylic oxidation sites excluding steroid dienone is 8. The molecule has 3 heteroatoms. The van der Waals surface area contributed by atoms with Gasteiger partial charge >= 0.3 is 26.2 Å². The van der Waals surface area contributed by atoms with E-state index in [0.29, 0.717) is 0 Å². The average Bonchev–Trinajstić information content (AvgIpc) is 3.38. The molecule has 2 aromatic rings. The molecule has 132 valence electrons. The quantitative estimate of drug-likeness (QED) is 0.406. The van der Waals surface area contributed by atoms with Gasteiger partial charge in [0.1, 0.15) is 0 Å². The summed E-state index contributed by atoms with van der Waals surface area (Å²) in [5.41, 5.74) is 5.51. The van der Waals surface area contributed by atoms with Crippen LogP contribution in [0.25, 0.3) is 11.1 Å². The maximum absolute atomic E-state index is 3.30. The summed E-state index contributed by atoms with van der Waals surface area (Å²) in [7, 11) is 0. The van der Waals surface area contributed by atoms with Gasteiger partial charge in [0, 0.05) is 0 Å². The van der Waals surface area contributed by atoms with Crippen LogP contribution in [0.1, 0.15) is 24.0 Å². The van der Waals surface area contributed by atoms with E-state index in [-0.39, 0.29) is 51.0 Å². The molecule has 0 nitrogen and oxygen atoms in total. The molecule has 0 unspecified atom stereocenters. The van der Waals surface area contributed by atoms with Gasteiger partial charge in [0.2, 0.25) is 0 Å². The number of hydrogen-bond acceptors (Lipinski definition) is 0. The van der Waals surface area contributed by atoms with Crippen LogP contribution in [0.2, 0.25) is 0 Å². The Hall–Kier alpha value is -1.14. The average molecular weight is 458 g/mol. The molecule has 0 atom stereocenters. The molecule has 2 aromatic carbocycles. The predicted octanol–water partition coefficient (Wildman–Crippen LogP) is -0.325. The summed E-state index contributed by atoms with van der Waals surface area (Å²) in [6, 6.07) is 18.1. The molecule has 0 bridgehead atoms. The van der Waals surface area contributed by atoms with Gasteiger partial charge in [0.15, 0.2) is 0 Å². The van der Waals surface area contributed by atoms with Crippen molar-refractivity contribution in [2.24, 2.45) is 0 Å². The van der Waals surface area contributed by atoms with E-state index < -0.39 is 0 Å². The molecule has 0 fully saturated rings. The van der Waals surface area contributed by atoms with Crippen molar-refractivity contribution in [2.45, 2.75) is 19.3 Å². The van der Waals surface area contributed by atoms with E-state index in [9.17, 15) is 0 Å². The Morgan fingerprint density at radius 1 is 0.731 bits per heavy atom. The number of fused-ring (bicyclic) bond motifs is 3. The molecule has 0 heterocycles. The molecular weight excluding hydrogens is 438 g/mol. The van der Waals surface area contributed by atoms with Gasteiger partial charge in [-0.15, -0.1) is 18.4 Å². The van der Waals surface area contributed by atoms with Crippen molar-refractivity contribution in [2.75, 3.05) is 0 Å². The SMILES string of the molecule is [C-]1=CC=CC1.[C-]1=CC=CC1.[Cl-].[Cl-].[Zr+2].[c-]1cccc2c1Cc1ccccc1-2. The molecule has 0 amide bonds. The first kappa shape index (κ1) is 24.9. The Labute approximate surface area is 188 Å². The Bertz CT molecular complexity index is 688. The molecule has 5 rings (SSSR count). The minimum atomic E-state index is 0. The van der Waals surface area contributed by atoms with Gasteiger partial charge in [-0.1, -0.05) is 35.4 Å². The van der Waals surface area contributed by atoms with Gasteiger partial charge < -0.3 is 24.8 Å². The van der Waals surface area contributed by atoms with Gasteiger partial charge in [-0.05, 0) is 6.42 Å². The Morgan fingerprint density at radius 2 is 1.35 bits per heavy atom. The molecular formula is C23H19Cl2Zr-3. The molecule has 0 saturated heterocycles. The predicted molar refractivity (Wildman–Crippen MR) is 96.7 cm³/mol. The van der Waals surface area contributed by atoms with Gasteiger partial charge in [0.25, 0.3) is 0 Å². The van der Waals surface area contributed by atoms with Crippen LogP contribution in [0.4, 0.5) is 0 Å². The topological polar surface area (TPSA) is 0 Å². The summed E-state index contributed by atoms with van der Waals surface area (Å²) >= 11 is 0. The Morgan fingerprint density at radius 3 is 1.88 bits per heavy atom. The fourth-order valence-corrected chi connectivity index (χ4v) is 2.68. The summed E-state index contributed by atoms with van der Waals surface area (Å²) in [6.07, 6.45) is 21.0. The van der Waals surface area contributed by atoms with Crippen molar-refractivity contribution in [1.29, 1.82) is 0 Å². The zero-order valence-electron chi connectivity index (χ0n) is 14.4. The third-order valence-corrected chi connectivity index (χ3v) is 3.79. The maximum Gasteiger partial charge on any atom is 2.00 e. The maximum atomic E-state index is 3.30. The number of hydrogen-bond donors (Lipinski definition) is 0. The van der Waals surface area contributed by atoms with Crippen molar-refractivity contribution >= 4 is 0 Å². The van der Waals surface area contributed by atoms with Gasteiger partial charge in [-0.3, -0.25) is 12.2 Å². The largest absolute Gasteiger partial charge is 2.00 e. The fourth-order valence-electron chi connectivity index (χ4n) is 2.68. The molecule has 0 spiro atoms. The molecule has 0 saturated carbocycles. The van der Waals surface area contributed by atoms with Crippen LogP contribution in [0.5, 0.6) is 0 Å². The van der Waals surface area contributed by atoms with E-state index in [1.165, 1.54) is 22.3 Å². The Balaban J connectivity index is 0.000000408. The minimum absolute atomic E-state index is 0. The van der Waals surface area contributed by atoms with E-state index in [4.69, 9.17) is 0 Å². The zero-order valence-corrected chi connectivity index (χ0v) is 18.4. The molecule has 3 aliphatic rings. The second kappa shape index (κ2) is 14.0. The monoisotopic (exact) mass is 455 g/mol. The van der Waals surface area contributed by atoms with Gasteiger partial charge in [-0.25, -0.2) is 24.3 Å². The molecule has 0 aromatic heterocycles. The van der Waals surface area contributed by atoms with Crippen molar-refractivity contribution in [3.05, 3.63) is 108 Å². The van der Waals surface area contributed by atoms with E-state index in [2.05, 4.69) is 66.8 Å². The third-order valence-electron chi connectivity index (χ3n) is 3.79. The number of rotatable bonds is 0. The molecule has 3 aliphatic carbocycles. The smallest absolute Gasteiger partial charge is 1.00 e. The van der Waals surface area contributed by atoms with E-state index in [1.807, 2.05) is 30.4 Å². The third kappa shape index (κ3) is 7.24. The first-order chi connectivity index (χ1) is 11.4. The zero-order chi connectivity index (χ0) is 15.7. The molecule has 0 radical (unpaired) electrons. The summed E-state index contributed by atoms with van der Waals surface area (Å²) in [6.45, 7) is 0. The van der Waals surface area contributed by atoms with Crippen LogP contribution >= 0.6 is 0 Å². The number of halogens is 2. The van der Waals surface area contributed by atoms with Crippen molar-refractivity contribution in [3.63, 3.8) is 0 Å². The summed E-state index contributed by atoms with van der Waals surface area (Å²) in [5.74, 6) is 0. The van der Waals surface area contributed by atoms with Gasteiger partial charge in [0.05, 0.1) is 0 Å². The normalized spacial score (nSPS) is 12.9. The summed E-state index contributed by atoms with van der Waals surface area (Å²) in [5, 5.41) is 0. The summed E-state index contributed by atoms with van der Waals surface area (Å²) in [4.78, 5) is 0. The second-order valence-electron chi connectivity index (χ2n) is 5.40. The fraction of sp³-hybridized carbons (Fsp3) is 0.130. The minimum Gasteiger partial charge on any atom is -1.00 e. The van der Waals surface area contributed by atoms with Crippen molar-refractivity contribution in [1.82, 2.24) is 0 Å². The molecule has 0 N–H and O–H groups in total. The molecule has 26 heavy (non-hydrogen) atoms. The van der Waals surface area contributed by atoms with Crippen LogP contribution in [-0.4, -0.2) is 0 Å². The van der Waals surface area contributed by atoms with E-state index in [1.54, 1.807) is 0 Å². The van der Waals surface area contributed by atoms with E-state index in [0.717, 1.165) is 19.3 Å². The van der Waals surface area contributed by atoms with Gasteiger partial charge in [-0.2, -0.15) is 42.0 Å². The first-order valence-electron chi connectivity index (χ1n) is 7.96. The van der Waals surface area contributed by atoms with Crippen LogP contribution < -0.4 is 24.8 Å². The standard InChI is InChI=1S/C13H9.2C5H5.2ClH.Zr/c1-3-7-12-10(5-1)9-11-6-2-4-8-13(11)12;2*1-2-4-5-3-1;;;/h1-5,7-8H,9H2;2*1-3H,4H2;2*1H;/q3*-1;;;+2/p-2. The number of benzene rings is 2. The Kier molecular flexibility index (Phi) is 13.4. The van der Waals surface area contributed by atoms with Crippen LogP contribution in [-0.2, 0) is 32.6 Å². The van der Waals surface area contributed by atoms with Crippen LogP contribution in [0, 0.1) is 18.2 Å².